The topological polar surface area (TPSA) is 34.0 Å². The SMILES string of the molecule is CCC1Cn2cc(Br)cc2C(=O)N1. The van der Waals surface area contributed by atoms with Crippen molar-refractivity contribution >= 4 is 21.8 Å². The summed E-state index contributed by atoms with van der Waals surface area (Å²) >= 11 is 3.36. The van der Waals surface area contributed by atoms with Crippen LogP contribution in [0.3, 0.4) is 0 Å². The highest BCUT2D eigenvalue weighted by Gasteiger charge is 2.22. The molecule has 2 heterocycles. The van der Waals surface area contributed by atoms with Gasteiger partial charge in [0.1, 0.15) is 5.69 Å². The van der Waals surface area contributed by atoms with E-state index in [-0.39, 0.29) is 11.9 Å². The van der Waals surface area contributed by atoms with E-state index in [1.807, 2.05) is 16.8 Å². The average molecular weight is 243 g/mol. The van der Waals surface area contributed by atoms with Gasteiger partial charge in [0.25, 0.3) is 5.91 Å². The summed E-state index contributed by atoms with van der Waals surface area (Å²) in [7, 11) is 0. The lowest BCUT2D eigenvalue weighted by atomic mass is 10.2. The number of halogens is 1. The predicted octanol–water partition coefficient (Wildman–Crippen LogP) is 1.77. The molecule has 1 amide bonds. The van der Waals surface area contributed by atoms with E-state index in [1.54, 1.807) is 0 Å². The first kappa shape index (κ1) is 8.81. The standard InChI is InChI=1S/C9H11BrN2O/c1-2-7-5-12-4-6(10)3-8(12)9(13)11-7/h3-4,7H,2,5H2,1H3,(H,11,13). The number of fused-ring (bicyclic) bond motifs is 1. The zero-order valence-corrected chi connectivity index (χ0v) is 8.97. The molecule has 1 aliphatic rings. The third-order valence-electron chi connectivity index (χ3n) is 2.34. The van der Waals surface area contributed by atoms with Gasteiger partial charge >= 0.3 is 0 Å². The molecule has 0 spiro atoms. The van der Waals surface area contributed by atoms with E-state index in [1.165, 1.54) is 0 Å². The lowest BCUT2D eigenvalue weighted by molar-refractivity contribution is 0.0899. The number of carbonyl (C=O) groups excluding carboxylic acids is 1. The molecule has 0 bridgehead atoms. The van der Waals surface area contributed by atoms with Crippen LogP contribution in [-0.2, 0) is 6.54 Å². The molecule has 1 aliphatic heterocycles. The van der Waals surface area contributed by atoms with Gasteiger partial charge in [-0.2, -0.15) is 0 Å². The Morgan fingerprint density at radius 2 is 2.54 bits per heavy atom. The number of nitrogens with zero attached hydrogens (tertiary/aromatic N) is 1. The summed E-state index contributed by atoms with van der Waals surface area (Å²) < 4.78 is 2.96. The molecule has 1 aromatic rings. The highest BCUT2D eigenvalue weighted by molar-refractivity contribution is 9.10. The third-order valence-corrected chi connectivity index (χ3v) is 2.77. The summed E-state index contributed by atoms with van der Waals surface area (Å²) in [5.41, 5.74) is 0.747. The van der Waals surface area contributed by atoms with Gasteiger partial charge in [0.05, 0.1) is 0 Å². The van der Waals surface area contributed by atoms with E-state index in [0.717, 1.165) is 23.1 Å². The molecule has 0 aliphatic carbocycles. The molecule has 0 saturated carbocycles. The van der Waals surface area contributed by atoms with Crippen LogP contribution < -0.4 is 5.32 Å². The number of carbonyl (C=O) groups is 1. The van der Waals surface area contributed by atoms with Crippen molar-refractivity contribution in [3.8, 4) is 0 Å². The molecule has 2 rings (SSSR count). The second-order valence-electron chi connectivity index (χ2n) is 3.27. The maximum atomic E-state index is 11.5. The predicted molar refractivity (Wildman–Crippen MR) is 53.7 cm³/mol. The first-order chi connectivity index (χ1) is 6.20. The van der Waals surface area contributed by atoms with E-state index in [2.05, 4.69) is 28.2 Å². The molecular weight excluding hydrogens is 232 g/mol. The van der Waals surface area contributed by atoms with E-state index in [4.69, 9.17) is 0 Å². The van der Waals surface area contributed by atoms with Gasteiger partial charge in [0, 0.05) is 23.3 Å². The summed E-state index contributed by atoms with van der Waals surface area (Å²) in [6, 6.07) is 2.13. The summed E-state index contributed by atoms with van der Waals surface area (Å²) in [6.45, 7) is 2.96. The van der Waals surface area contributed by atoms with Crippen molar-refractivity contribution in [2.24, 2.45) is 0 Å². The van der Waals surface area contributed by atoms with E-state index in [9.17, 15) is 4.79 Å². The van der Waals surface area contributed by atoms with Crippen LogP contribution in [0.2, 0.25) is 0 Å². The lowest BCUT2D eigenvalue weighted by Crippen LogP contribution is -2.43. The Bertz CT molecular complexity index is 345. The van der Waals surface area contributed by atoms with Crippen LogP contribution in [0.15, 0.2) is 16.7 Å². The largest absolute Gasteiger partial charge is 0.346 e. The van der Waals surface area contributed by atoms with Crippen LogP contribution in [0.5, 0.6) is 0 Å². The Kier molecular flexibility index (Phi) is 2.15. The van der Waals surface area contributed by atoms with E-state index in [0.29, 0.717) is 0 Å². The molecule has 70 valence electrons. The summed E-state index contributed by atoms with van der Waals surface area (Å²) in [6.07, 6.45) is 2.93. The molecule has 4 heteroatoms. The Morgan fingerprint density at radius 1 is 1.77 bits per heavy atom. The van der Waals surface area contributed by atoms with Crippen molar-refractivity contribution in [2.75, 3.05) is 0 Å². The molecule has 1 atom stereocenters. The molecule has 1 unspecified atom stereocenters. The Morgan fingerprint density at radius 3 is 3.23 bits per heavy atom. The fraction of sp³-hybridized carbons (Fsp3) is 0.444. The van der Waals surface area contributed by atoms with Crippen molar-refractivity contribution < 1.29 is 4.79 Å². The van der Waals surface area contributed by atoms with Gasteiger partial charge in [-0.3, -0.25) is 4.79 Å². The lowest BCUT2D eigenvalue weighted by Gasteiger charge is -2.24. The van der Waals surface area contributed by atoms with Gasteiger partial charge in [0.2, 0.25) is 0 Å². The summed E-state index contributed by atoms with van der Waals surface area (Å²) in [5.74, 6) is 0.0313. The normalized spacial score (nSPS) is 21.1. The Hall–Kier alpha value is -0.770. The molecule has 0 saturated heterocycles. The van der Waals surface area contributed by atoms with E-state index >= 15 is 0 Å². The number of aromatic nitrogens is 1. The highest BCUT2D eigenvalue weighted by atomic mass is 79.9. The average Bonchev–Trinajstić information content (AvgIpc) is 2.46. The van der Waals surface area contributed by atoms with Crippen LogP contribution in [0.25, 0.3) is 0 Å². The maximum absolute atomic E-state index is 11.5. The van der Waals surface area contributed by atoms with Gasteiger partial charge in [-0.25, -0.2) is 0 Å². The minimum absolute atomic E-state index is 0.0313. The second-order valence-corrected chi connectivity index (χ2v) is 4.19. The number of hydrogen-bond donors (Lipinski definition) is 1. The van der Waals surface area contributed by atoms with E-state index < -0.39 is 0 Å². The molecule has 0 aromatic carbocycles. The van der Waals surface area contributed by atoms with Crippen molar-refractivity contribution in [1.82, 2.24) is 9.88 Å². The number of hydrogen-bond acceptors (Lipinski definition) is 1. The first-order valence-electron chi connectivity index (χ1n) is 4.37. The summed E-state index contributed by atoms with van der Waals surface area (Å²) in [4.78, 5) is 11.5. The molecule has 3 nitrogen and oxygen atoms in total. The number of nitrogens with one attached hydrogen (secondary N) is 1. The van der Waals surface area contributed by atoms with Crippen LogP contribution >= 0.6 is 15.9 Å². The van der Waals surface area contributed by atoms with Crippen molar-refractivity contribution in [1.29, 1.82) is 0 Å². The highest BCUT2D eigenvalue weighted by Crippen LogP contribution is 2.18. The first-order valence-corrected chi connectivity index (χ1v) is 5.16. The minimum Gasteiger partial charge on any atom is -0.346 e. The molecule has 0 fully saturated rings. The second kappa shape index (κ2) is 3.18. The number of amides is 1. The molecule has 13 heavy (non-hydrogen) atoms. The fourth-order valence-electron chi connectivity index (χ4n) is 1.59. The Balaban J connectivity index is 2.36. The van der Waals surface area contributed by atoms with Crippen LogP contribution in [0.1, 0.15) is 23.8 Å². The van der Waals surface area contributed by atoms with Crippen molar-refractivity contribution in [3.05, 3.63) is 22.4 Å². The third kappa shape index (κ3) is 1.50. The van der Waals surface area contributed by atoms with Gasteiger partial charge in [-0.05, 0) is 28.4 Å². The van der Waals surface area contributed by atoms with Gasteiger partial charge in [-0.15, -0.1) is 0 Å². The van der Waals surface area contributed by atoms with Crippen LogP contribution in [-0.4, -0.2) is 16.5 Å². The summed E-state index contributed by atoms with van der Waals surface area (Å²) in [5, 5.41) is 2.95. The maximum Gasteiger partial charge on any atom is 0.268 e. The molecule has 1 N–H and O–H groups in total. The zero-order chi connectivity index (χ0) is 9.42. The van der Waals surface area contributed by atoms with Crippen LogP contribution in [0, 0.1) is 0 Å². The van der Waals surface area contributed by atoms with Crippen molar-refractivity contribution in [3.63, 3.8) is 0 Å². The fourth-order valence-corrected chi connectivity index (χ4v) is 2.05. The van der Waals surface area contributed by atoms with Gasteiger partial charge in [0.15, 0.2) is 0 Å². The monoisotopic (exact) mass is 242 g/mol. The van der Waals surface area contributed by atoms with Gasteiger partial charge < -0.3 is 9.88 Å². The van der Waals surface area contributed by atoms with Gasteiger partial charge in [-0.1, -0.05) is 6.92 Å². The molecule has 1 aromatic heterocycles. The molecular formula is C9H11BrN2O. The smallest absolute Gasteiger partial charge is 0.268 e. The van der Waals surface area contributed by atoms with Crippen LogP contribution in [0.4, 0.5) is 0 Å². The number of rotatable bonds is 1. The zero-order valence-electron chi connectivity index (χ0n) is 7.38. The van der Waals surface area contributed by atoms with Crippen molar-refractivity contribution in [2.45, 2.75) is 25.9 Å². The molecule has 0 radical (unpaired) electrons. The Labute approximate surface area is 85.2 Å². The minimum atomic E-state index is 0.0313. The quantitative estimate of drug-likeness (QED) is 0.801.